The maximum atomic E-state index is 8.32. The Morgan fingerprint density at radius 1 is 1.42 bits per heavy atom. The van der Waals surface area contributed by atoms with E-state index in [4.69, 9.17) is 28.5 Å². The number of benzene rings is 1. The molecular formula is C8H5Cl2NS. The van der Waals surface area contributed by atoms with Gasteiger partial charge in [0, 0.05) is 5.75 Å². The molecule has 0 aliphatic heterocycles. The highest BCUT2D eigenvalue weighted by Gasteiger charge is 2.03. The predicted octanol–water partition coefficient (Wildman–Crippen LogP) is 3.71. The summed E-state index contributed by atoms with van der Waals surface area (Å²) >= 11 is 12.8. The quantitative estimate of drug-likeness (QED) is 0.706. The molecule has 1 aromatic rings. The van der Waals surface area contributed by atoms with Crippen molar-refractivity contribution in [1.29, 1.82) is 5.26 Å². The molecule has 12 heavy (non-hydrogen) atoms. The lowest BCUT2D eigenvalue weighted by Gasteiger charge is -2.01. The number of nitriles is 1. The van der Waals surface area contributed by atoms with Crippen LogP contribution in [-0.2, 0) is 5.75 Å². The molecular weight excluding hydrogens is 213 g/mol. The van der Waals surface area contributed by atoms with E-state index >= 15 is 0 Å². The Kier molecular flexibility index (Phi) is 3.74. The average Bonchev–Trinajstić information content (AvgIpc) is 2.08. The summed E-state index contributed by atoms with van der Waals surface area (Å²) < 4.78 is 0. The van der Waals surface area contributed by atoms with Gasteiger partial charge in [-0.1, -0.05) is 35.3 Å². The van der Waals surface area contributed by atoms with E-state index in [0.717, 1.165) is 17.3 Å². The van der Waals surface area contributed by atoms with Crippen molar-refractivity contribution in [3.05, 3.63) is 33.8 Å². The molecule has 1 aromatic carbocycles. The normalized spacial score (nSPS) is 9.42. The molecule has 1 nitrogen and oxygen atoms in total. The lowest BCUT2D eigenvalue weighted by Crippen LogP contribution is -1.81. The summed E-state index contributed by atoms with van der Waals surface area (Å²) in [5.41, 5.74) is 0.899. The molecule has 62 valence electrons. The number of hydrogen-bond acceptors (Lipinski definition) is 2. The zero-order valence-electron chi connectivity index (χ0n) is 6.05. The third-order valence-corrected chi connectivity index (χ3v) is 2.77. The second-order valence-corrected chi connectivity index (χ2v) is 3.64. The zero-order valence-corrected chi connectivity index (χ0v) is 8.38. The van der Waals surface area contributed by atoms with Crippen molar-refractivity contribution in [2.45, 2.75) is 5.75 Å². The molecule has 0 N–H and O–H groups in total. The smallest absolute Gasteiger partial charge is 0.133 e. The van der Waals surface area contributed by atoms with Gasteiger partial charge in [0.2, 0.25) is 0 Å². The van der Waals surface area contributed by atoms with E-state index in [1.54, 1.807) is 6.07 Å². The van der Waals surface area contributed by atoms with Crippen LogP contribution in [0.15, 0.2) is 18.2 Å². The average molecular weight is 218 g/mol. The maximum absolute atomic E-state index is 8.32. The van der Waals surface area contributed by atoms with Gasteiger partial charge < -0.3 is 0 Å². The molecule has 0 saturated carbocycles. The SMILES string of the molecule is N#CSCc1cccc(Cl)c1Cl. The van der Waals surface area contributed by atoms with Crippen LogP contribution in [0.2, 0.25) is 10.0 Å². The Labute approximate surface area is 85.3 Å². The fraction of sp³-hybridized carbons (Fsp3) is 0.125. The van der Waals surface area contributed by atoms with Crippen LogP contribution in [0.1, 0.15) is 5.56 Å². The maximum Gasteiger partial charge on any atom is 0.133 e. The van der Waals surface area contributed by atoms with E-state index < -0.39 is 0 Å². The van der Waals surface area contributed by atoms with E-state index in [1.807, 2.05) is 17.5 Å². The fourth-order valence-electron chi connectivity index (χ4n) is 0.770. The Morgan fingerprint density at radius 3 is 2.83 bits per heavy atom. The molecule has 0 amide bonds. The van der Waals surface area contributed by atoms with Crippen molar-refractivity contribution >= 4 is 35.0 Å². The van der Waals surface area contributed by atoms with Gasteiger partial charge in [-0.3, -0.25) is 0 Å². The van der Waals surface area contributed by atoms with E-state index in [0.29, 0.717) is 15.8 Å². The van der Waals surface area contributed by atoms with Crippen molar-refractivity contribution in [2.75, 3.05) is 0 Å². The zero-order chi connectivity index (χ0) is 8.97. The summed E-state index contributed by atoms with van der Waals surface area (Å²) in [4.78, 5) is 0. The minimum atomic E-state index is 0.535. The van der Waals surface area contributed by atoms with Crippen molar-refractivity contribution in [2.24, 2.45) is 0 Å². The highest BCUT2D eigenvalue weighted by Crippen LogP contribution is 2.27. The Bertz CT molecular complexity index is 319. The van der Waals surface area contributed by atoms with Crippen LogP contribution in [0.3, 0.4) is 0 Å². The van der Waals surface area contributed by atoms with Crippen LogP contribution in [0.5, 0.6) is 0 Å². The molecule has 0 radical (unpaired) electrons. The Balaban J connectivity index is 2.86. The number of thiocyanates is 1. The van der Waals surface area contributed by atoms with Gasteiger partial charge in [0.05, 0.1) is 10.0 Å². The van der Waals surface area contributed by atoms with Crippen LogP contribution < -0.4 is 0 Å². The van der Waals surface area contributed by atoms with Gasteiger partial charge in [0.25, 0.3) is 0 Å². The molecule has 0 aromatic heterocycles. The van der Waals surface area contributed by atoms with Gasteiger partial charge in [-0.15, -0.1) is 0 Å². The summed E-state index contributed by atoms with van der Waals surface area (Å²) in [7, 11) is 0. The monoisotopic (exact) mass is 217 g/mol. The standard InChI is InChI=1S/C8H5Cl2NS/c9-7-3-1-2-6(8(7)10)4-12-5-11/h1-3H,4H2. The van der Waals surface area contributed by atoms with Gasteiger partial charge in [-0.2, -0.15) is 5.26 Å². The number of hydrogen-bond donors (Lipinski definition) is 0. The molecule has 0 unspecified atom stereocenters. The number of halogens is 2. The van der Waals surface area contributed by atoms with Crippen molar-refractivity contribution in [3.8, 4) is 5.40 Å². The molecule has 0 aliphatic rings. The van der Waals surface area contributed by atoms with Crippen LogP contribution in [-0.4, -0.2) is 0 Å². The van der Waals surface area contributed by atoms with Gasteiger partial charge in [-0.25, -0.2) is 0 Å². The molecule has 0 heterocycles. The highest BCUT2D eigenvalue weighted by molar-refractivity contribution is 8.02. The Hall–Kier alpha value is -0.360. The minimum Gasteiger partial charge on any atom is -0.185 e. The fourth-order valence-corrected chi connectivity index (χ4v) is 1.70. The number of thioether (sulfide) groups is 1. The first-order chi connectivity index (χ1) is 5.75. The number of nitrogens with zero attached hydrogens (tertiary/aromatic N) is 1. The van der Waals surface area contributed by atoms with Gasteiger partial charge in [0.15, 0.2) is 0 Å². The molecule has 0 spiro atoms. The first kappa shape index (κ1) is 9.73. The van der Waals surface area contributed by atoms with Gasteiger partial charge >= 0.3 is 0 Å². The second kappa shape index (κ2) is 4.61. The summed E-state index contributed by atoms with van der Waals surface area (Å²) in [6, 6.07) is 5.41. The summed E-state index contributed by atoms with van der Waals surface area (Å²) in [5.74, 6) is 0.579. The van der Waals surface area contributed by atoms with E-state index in [-0.39, 0.29) is 0 Å². The van der Waals surface area contributed by atoms with Crippen molar-refractivity contribution < 1.29 is 0 Å². The van der Waals surface area contributed by atoms with Gasteiger partial charge in [0.1, 0.15) is 5.40 Å². The third kappa shape index (κ3) is 2.31. The molecule has 0 atom stereocenters. The molecule has 4 heteroatoms. The molecule has 0 saturated heterocycles. The molecule has 0 aliphatic carbocycles. The first-order valence-electron chi connectivity index (χ1n) is 3.19. The third-order valence-electron chi connectivity index (χ3n) is 1.32. The largest absolute Gasteiger partial charge is 0.185 e. The minimum absolute atomic E-state index is 0.535. The lowest BCUT2D eigenvalue weighted by molar-refractivity contribution is 1.42. The van der Waals surface area contributed by atoms with Crippen molar-refractivity contribution in [3.63, 3.8) is 0 Å². The van der Waals surface area contributed by atoms with Crippen LogP contribution >= 0.6 is 35.0 Å². The first-order valence-corrected chi connectivity index (χ1v) is 4.93. The van der Waals surface area contributed by atoms with E-state index in [1.165, 1.54) is 0 Å². The predicted molar refractivity (Wildman–Crippen MR) is 53.4 cm³/mol. The summed E-state index contributed by atoms with van der Waals surface area (Å²) in [6.07, 6.45) is 0. The highest BCUT2D eigenvalue weighted by atomic mass is 35.5. The molecule has 1 rings (SSSR count). The van der Waals surface area contributed by atoms with Crippen LogP contribution in [0, 0.1) is 10.7 Å². The van der Waals surface area contributed by atoms with Crippen LogP contribution in [0.25, 0.3) is 0 Å². The molecule has 0 fully saturated rings. The second-order valence-electron chi connectivity index (χ2n) is 2.09. The van der Waals surface area contributed by atoms with Crippen LogP contribution in [0.4, 0.5) is 0 Å². The topological polar surface area (TPSA) is 23.8 Å². The lowest BCUT2D eigenvalue weighted by atomic mass is 10.2. The summed E-state index contributed by atoms with van der Waals surface area (Å²) in [6.45, 7) is 0. The summed E-state index contributed by atoms with van der Waals surface area (Å²) in [5, 5.41) is 11.4. The Morgan fingerprint density at radius 2 is 2.17 bits per heavy atom. The number of rotatable bonds is 2. The van der Waals surface area contributed by atoms with E-state index in [9.17, 15) is 0 Å². The van der Waals surface area contributed by atoms with Gasteiger partial charge in [-0.05, 0) is 23.4 Å². The molecule has 0 bridgehead atoms. The van der Waals surface area contributed by atoms with E-state index in [2.05, 4.69) is 0 Å². The van der Waals surface area contributed by atoms with Crippen molar-refractivity contribution in [1.82, 2.24) is 0 Å².